The van der Waals surface area contributed by atoms with E-state index in [1.807, 2.05) is 0 Å². The summed E-state index contributed by atoms with van der Waals surface area (Å²) in [6, 6.07) is 0.755. The minimum Gasteiger partial charge on any atom is -0.378 e. The summed E-state index contributed by atoms with van der Waals surface area (Å²) in [6.07, 6.45) is 5.45. The summed E-state index contributed by atoms with van der Waals surface area (Å²) in [7, 11) is 0. The molecule has 3 fully saturated rings. The predicted molar refractivity (Wildman–Crippen MR) is 55.4 cm³/mol. The van der Waals surface area contributed by atoms with Crippen LogP contribution in [0.2, 0.25) is 0 Å². The van der Waals surface area contributed by atoms with Gasteiger partial charge in [-0.05, 0) is 32.2 Å². The van der Waals surface area contributed by atoms with Gasteiger partial charge in [0.15, 0.2) is 0 Å². The van der Waals surface area contributed by atoms with Gasteiger partial charge in [-0.2, -0.15) is 0 Å². The Morgan fingerprint density at radius 3 is 3.07 bits per heavy atom. The monoisotopic (exact) mass is 196 g/mol. The third-order valence-corrected chi connectivity index (χ3v) is 3.98. The van der Waals surface area contributed by atoms with Crippen molar-refractivity contribution in [3.63, 3.8) is 0 Å². The molecule has 1 atom stereocenters. The van der Waals surface area contributed by atoms with Gasteiger partial charge >= 0.3 is 0 Å². The lowest BCUT2D eigenvalue weighted by Crippen LogP contribution is -2.51. The van der Waals surface area contributed by atoms with Gasteiger partial charge in [-0.25, -0.2) is 0 Å². The molecule has 1 aliphatic carbocycles. The van der Waals surface area contributed by atoms with Crippen LogP contribution in [0.3, 0.4) is 0 Å². The van der Waals surface area contributed by atoms with Gasteiger partial charge in [-0.1, -0.05) is 0 Å². The highest BCUT2D eigenvalue weighted by Gasteiger charge is 2.50. The molecule has 3 nitrogen and oxygen atoms in total. The predicted octanol–water partition coefficient (Wildman–Crippen LogP) is 0.603. The lowest BCUT2D eigenvalue weighted by Gasteiger charge is -2.37. The van der Waals surface area contributed by atoms with Crippen LogP contribution in [-0.4, -0.2) is 49.3 Å². The van der Waals surface area contributed by atoms with Crippen molar-refractivity contribution in [2.24, 2.45) is 0 Å². The number of nitrogens with one attached hydrogen (secondary N) is 1. The van der Waals surface area contributed by atoms with E-state index >= 15 is 0 Å². The van der Waals surface area contributed by atoms with E-state index in [0.717, 1.165) is 25.8 Å². The minimum absolute atomic E-state index is 0.475. The van der Waals surface area contributed by atoms with Crippen LogP contribution in [0.1, 0.15) is 25.7 Å². The fraction of sp³-hybridized carbons (Fsp3) is 1.00. The fourth-order valence-corrected chi connectivity index (χ4v) is 2.83. The number of rotatable bonds is 2. The van der Waals surface area contributed by atoms with E-state index < -0.39 is 0 Å². The summed E-state index contributed by atoms with van der Waals surface area (Å²) in [5, 5.41) is 3.59. The van der Waals surface area contributed by atoms with Crippen LogP contribution in [0.15, 0.2) is 0 Å². The van der Waals surface area contributed by atoms with Gasteiger partial charge in [-0.3, -0.25) is 4.90 Å². The zero-order valence-electron chi connectivity index (χ0n) is 8.80. The number of hydrogen-bond donors (Lipinski definition) is 1. The summed E-state index contributed by atoms with van der Waals surface area (Å²) in [5.74, 6) is 0. The van der Waals surface area contributed by atoms with Gasteiger partial charge in [0.05, 0.1) is 13.2 Å². The Bertz CT molecular complexity index is 209. The van der Waals surface area contributed by atoms with Crippen LogP contribution in [0.25, 0.3) is 0 Å². The molecule has 0 bridgehead atoms. The zero-order valence-corrected chi connectivity index (χ0v) is 8.80. The molecule has 0 aromatic heterocycles. The third kappa shape index (κ3) is 1.58. The smallest absolute Gasteiger partial charge is 0.0651 e. The highest BCUT2D eigenvalue weighted by Crippen LogP contribution is 2.43. The molecule has 1 N–H and O–H groups in total. The first-order valence-electron chi connectivity index (χ1n) is 5.95. The number of morpholine rings is 1. The zero-order chi connectivity index (χ0) is 9.43. The van der Waals surface area contributed by atoms with Crippen molar-refractivity contribution >= 4 is 0 Å². The highest BCUT2D eigenvalue weighted by atomic mass is 16.5. The standard InChI is InChI=1S/C11H20N2O/c1-2-10(12-5-1)8-13-6-7-14-9-11(13)3-4-11/h10,12H,1-9H2/t10-/m0/s1. The van der Waals surface area contributed by atoms with Crippen LogP contribution < -0.4 is 5.32 Å². The van der Waals surface area contributed by atoms with E-state index in [9.17, 15) is 0 Å². The first kappa shape index (κ1) is 9.13. The number of hydrogen-bond acceptors (Lipinski definition) is 3. The minimum atomic E-state index is 0.475. The second-order valence-electron chi connectivity index (χ2n) is 5.02. The van der Waals surface area contributed by atoms with Crippen LogP contribution in [0.5, 0.6) is 0 Å². The second-order valence-corrected chi connectivity index (χ2v) is 5.02. The van der Waals surface area contributed by atoms with E-state index in [1.54, 1.807) is 0 Å². The van der Waals surface area contributed by atoms with Crippen molar-refractivity contribution in [2.75, 3.05) is 32.8 Å². The molecule has 3 rings (SSSR count). The summed E-state index contributed by atoms with van der Waals surface area (Å²) in [4.78, 5) is 2.68. The van der Waals surface area contributed by atoms with Gasteiger partial charge < -0.3 is 10.1 Å². The van der Waals surface area contributed by atoms with Crippen molar-refractivity contribution in [2.45, 2.75) is 37.3 Å². The summed E-state index contributed by atoms with van der Waals surface area (Å²) in [6.45, 7) is 5.55. The molecular weight excluding hydrogens is 176 g/mol. The molecule has 2 saturated heterocycles. The van der Waals surface area contributed by atoms with Gasteiger partial charge in [-0.15, -0.1) is 0 Å². The summed E-state index contributed by atoms with van der Waals surface area (Å²) >= 11 is 0. The molecule has 0 aromatic carbocycles. The van der Waals surface area contributed by atoms with Crippen LogP contribution >= 0.6 is 0 Å². The lowest BCUT2D eigenvalue weighted by atomic mass is 10.1. The molecule has 0 aromatic rings. The molecule has 0 amide bonds. The normalized spacial score (nSPS) is 36.4. The molecule has 14 heavy (non-hydrogen) atoms. The van der Waals surface area contributed by atoms with E-state index in [2.05, 4.69) is 10.2 Å². The van der Waals surface area contributed by atoms with E-state index in [-0.39, 0.29) is 0 Å². The van der Waals surface area contributed by atoms with Crippen molar-refractivity contribution < 1.29 is 4.74 Å². The van der Waals surface area contributed by atoms with Crippen molar-refractivity contribution in [1.29, 1.82) is 0 Å². The first-order chi connectivity index (χ1) is 6.89. The topological polar surface area (TPSA) is 24.5 Å². The van der Waals surface area contributed by atoms with E-state index in [4.69, 9.17) is 4.74 Å². The average molecular weight is 196 g/mol. The Balaban J connectivity index is 1.59. The molecule has 1 spiro atoms. The van der Waals surface area contributed by atoms with E-state index in [0.29, 0.717) is 5.54 Å². The Labute approximate surface area is 85.8 Å². The Morgan fingerprint density at radius 2 is 2.36 bits per heavy atom. The largest absolute Gasteiger partial charge is 0.378 e. The molecule has 0 radical (unpaired) electrons. The lowest BCUT2D eigenvalue weighted by molar-refractivity contribution is -0.0233. The molecule has 3 heteroatoms. The van der Waals surface area contributed by atoms with Gasteiger partial charge in [0, 0.05) is 24.7 Å². The third-order valence-electron chi connectivity index (χ3n) is 3.98. The van der Waals surface area contributed by atoms with Crippen LogP contribution in [-0.2, 0) is 4.74 Å². The van der Waals surface area contributed by atoms with Gasteiger partial charge in [0.2, 0.25) is 0 Å². The highest BCUT2D eigenvalue weighted by molar-refractivity contribution is 5.06. The van der Waals surface area contributed by atoms with Gasteiger partial charge in [0.1, 0.15) is 0 Å². The first-order valence-corrected chi connectivity index (χ1v) is 5.95. The number of nitrogens with zero attached hydrogens (tertiary/aromatic N) is 1. The molecular formula is C11H20N2O. The Kier molecular flexibility index (Phi) is 2.26. The molecule has 1 saturated carbocycles. The van der Waals surface area contributed by atoms with Crippen molar-refractivity contribution in [3.05, 3.63) is 0 Å². The van der Waals surface area contributed by atoms with Crippen LogP contribution in [0.4, 0.5) is 0 Å². The maximum atomic E-state index is 5.58. The quantitative estimate of drug-likeness (QED) is 0.700. The fourth-order valence-electron chi connectivity index (χ4n) is 2.83. The maximum Gasteiger partial charge on any atom is 0.0651 e. The molecule has 3 aliphatic rings. The summed E-state index contributed by atoms with van der Waals surface area (Å²) < 4.78 is 5.58. The molecule has 2 aliphatic heterocycles. The molecule has 0 unspecified atom stereocenters. The Morgan fingerprint density at radius 1 is 1.43 bits per heavy atom. The second kappa shape index (κ2) is 3.47. The molecule has 80 valence electrons. The van der Waals surface area contributed by atoms with Gasteiger partial charge in [0.25, 0.3) is 0 Å². The number of ether oxygens (including phenoxy) is 1. The summed E-state index contributed by atoms with van der Waals surface area (Å²) in [5.41, 5.74) is 0.475. The van der Waals surface area contributed by atoms with Crippen molar-refractivity contribution in [1.82, 2.24) is 10.2 Å². The van der Waals surface area contributed by atoms with E-state index in [1.165, 1.54) is 38.8 Å². The van der Waals surface area contributed by atoms with Crippen LogP contribution in [0, 0.1) is 0 Å². The molecule has 2 heterocycles. The maximum absolute atomic E-state index is 5.58. The Hall–Kier alpha value is -0.120. The SMILES string of the molecule is C1CN[C@H](CN2CCOCC23CC3)C1. The van der Waals surface area contributed by atoms with Crippen molar-refractivity contribution in [3.8, 4) is 0 Å². The average Bonchev–Trinajstić information content (AvgIpc) is 2.78.